The molecule has 0 radical (unpaired) electrons. The first-order valence-electron chi connectivity index (χ1n) is 11.0. The van der Waals surface area contributed by atoms with E-state index in [-0.39, 0.29) is 18.0 Å². The smallest absolute Gasteiger partial charge is 0.266 e. The summed E-state index contributed by atoms with van der Waals surface area (Å²) in [6.45, 7) is 7.31. The van der Waals surface area contributed by atoms with Crippen molar-refractivity contribution in [3.8, 4) is 5.75 Å². The third kappa shape index (κ3) is 5.18. The first kappa shape index (κ1) is 25.9. The molecule has 1 N–H and O–H groups in total. The minimum absolute atomic E-state index is 0. The molecule has 4 rings (SSSR count). The van der Waals surface area contributed by atoms with Crippen LogP contribution in [0.5, 0.6) is 5.75 Å². The molecule has 1 aliphatic heterocycles. The van der Waals surface area contributed by atoms with Crippen LogP contribution in [0.2, 0.25) is 0 Å². The molecule has 5 nitrogen and oxygen atoms in total. The Kier molecular flexibility index (Phi) is 8.15. The number of alkyl halides is 2. The number of aryl methyl sites for hydroxylation is 1. The van der Waals surface area contributed by atoms with Gasteiger partial charge in [0.2, 0.25) is 0 Å². The van der Waals surface area contributed by atoms with Crippen LogP contribution < -0.4 is 15.0 Å². The number of halogens is 4. The fourth-order valence-electron chi connectivity index (χ4n) is 4.33. The highest BCUT2D eigenvalue weighted by Crippen LogP contribution is 2.38. The van der Waals surface area contributed by atoms with E-state index >= 15 is 0 Å². The average Bonchev–Trinajstić information content (AvgIpc) is 2.78. The van der Waals surface area contributed by atoms with E-state index in [2.05, 4.69) is 27.1 Å². The predicted molar refractivity (Wildman–Crippen MR) is 133 cm³/mol. The Morgan fingerprint density at radius 1 is 1.06 bits per heavy atom. The lowest BCUT2D eigenvalue weighted by molar-refractivity contribution is 0.146. The molecule has 9 heteroatoms. The van der Waals surface area contributed by atoms with Crippen LogP contribution in [0.1, 0.15) is 36.2 Å². The van der Waals surface area contributed by atoms with Crippen molar-refractivity contribution in [3.63, 3.8) is 0 Å². The van der Waals surface area contributed by atoms with Crippen LogP contribution in [0.25, 0.3) is 10.9 Å². The summed E-state index contributed by atoms with van der Waals surface area (Å²) in [5.74, 6) is -0.123. The fraction of sp³-hybridized carbons (Fsp3) is 0.400. The van der Waals surface area contributed by atoms with Crippen molar-refractivity contribution in [2.45, 2.75) is 26.3 Å². The zero-order valence-electron chi connectivity index (χ0n) is 19.7. The van der Waals surface area contributed by atoms with Crippen molar-refractivity contribution < 1.29 is 17.9 Å². The standard InChI is InChI=1S/C25H29F3N4O.ClH/c1-15-12-20(30-16(2)17-6-5-7-18(24(17)26)25(27)28)19-13-22(23(33-4)14-21(19)29-15)32-10-8-31(3)9-11-32;/h5-7,12-14,16,25H,8-11H2,1-4H3,(H,29,30);1H/t16-;/m1./s1. The SMILES string of the molecule is COc1cc2nc(C)cc(N[C@H](C)c3cccc(C(F)F)c3F)c2cc1N1CCN(C)CC1.Cl. The Morgan fingerprint density at radius 3 is 2.38 bits per heavy atom. The Labute approximate surface area is 204 Å². The molecule has 1 fully saturated rings. The highest BCUT2D eigenvalue weighted by atomic mass is 35.5. The van der Waals surface area contributed by atoms with Crippen molar-refractivity contribution in [1.82, 2.24) is 9.88 Å². The molecule has 1 atom stereocenters. The van der Waals surface area contributed by atoms with Gasteiger partial charge in [-0.05, 0) is 33.0 Å². The van der Waals surface area contributed by atoms with E-state index in [9.17, 15) is 13.2 Å². The van der Waals surface area contributed by atoms with Crippen molar-refractivity contribution in [3.05, 3.63) is 59.0 Å². The largest absolute Gasteiger partial charge is 0.495 e. The van der Waals surface area contributed by atoms with Gasteiger partial charge in [-0.15, -0.1) is 12.4 Å². The quantitative estimate of drug-likeness (QED) is 0.457. The third-order valence-corrected chi connectivity index (χ3v) is 6.21. The topological polar surface area (TPSA) is 40.6 Å². The van der Waals surface area contributed by atoms with Crippen LogP contribution in [0.15, 0.2) is 36.4 Å². The normalized spacial score (nSPS) is 15.4. The minimum Gasteiger partial charge on any atom is -0.495 e. The molecule has 3 aromatic rings. The lowest BCUT2D eigenvalue weighted by Crippen LogP contribution is -2.44. The molecule has 1 aromatic heterocycles. The second-order valence-electron chi connectivity index (χ2n) is 8.56. The molecular formula is C25H30ClF3N4O. The average molecular weight is 495 g/mol. The number of aromatic nitrogens is 1. The van der Waals surface area contributed by atoms with Gasteiger partial charge in [0, 0.05) is 54.6 Å². The van der Waals surface area contributed by atoms with Gasteiger partial charge in [0.15, 0.2) is 0 Å². The number of hydrogen-bond donors (Lipinski definition) is 1. The molecule has 2 aromatic carbocycles. The monoisotopic (exact) mass is 494 g/mol. The summed E-state index contributed by atoms with van der Waals surface area (Å²) in [5.41, 5.74) is 2.90. The van der Waals surface area contributed by atoms with E-state index < -0.39 is 23.8 Å². The molecule has 0 aliphatic carbocycles. The van der Waals surface area contributed by atoms with E-state index in [0.717, 1.165) is 66.0 Å². The maximum absolute atomic E-state index is 14.7. The van der Waals surface area contributed by atoms with Gasteiger partial charge >= 0.3 is 0 Å². The van der Waals surface area contributed by atoms with Gasteiger partial charge < -0.3 is 19.9 Å². The van der Waals surface area contributed by atoms with Crippen LogP contribution in [0, 0.1) is 12.7 Å². The lowest BCUT2D eigenvalue weighted by Gasteiger charge is -2.35. The summed E-state index contributed by atoms with van der Waals surface area (Å²) < 4.78 is 46.8. The molecule has 0 unspecified atom stereocenters. The molecule has 184 valence electrons. The summed E-state index contributed by atoms with van der Waals surface area (Å²) >= 11 is 0. The summed E-state index contributed by atoms with van der Waals surface area (Å²) in [7, 11) is 3.75. The Bertz CT molecular complexity index is 1150. The van der Waals surface area contributed by atoms with E-state index in [1.807, 2.05) is 25.1 Å². The van der Waals surface area contributed by atoms with Gasteiger partial charge in [0.1, 0.15) is 11.6 Å². The van der Waals surface area contributed by atoms with Gasteiger partial charge in [0.05, 0.1) is 29.9 Å². The van der Waals surface area contributed by atoms with Crippen LogP contribution in [0.4, 0.5) is 24.5 Å². The van der Waals surface area contributed by atoms with Crippen LogP contribution in [-0.4, -0.2) is 50.2 Å². The number of methoxy groups -OCH3 is 1. The number of ether oxygens (including phenoxy) is 1. The zero-order chi connectivity index (χ0) is 23.7. The molecule has 0 spiro atoms. The van der Waals surface area contributed by atoms with Gasteiger partial charge in [-0.3, -0.25) is 4.98 Å². The molecule has 0 saturated carbocycles. The molecular weight excluding hydrogens is 465 g/mol. The summed E-state index contributed by atoms with van der Waals surface area (Å²) in [4.78, 5) is 9.23. The molecule has 0 amide bonds. The molecule has 1 aliphatic rings. The number of hydrogen-bond acceptors (Lipinski definition) is 5. The van der Waals surface area contributed by atoms with E-state index in [1.54, 1.807) is 14.0 Å². The van der Waals surface area contributed by atoms with Gasteiger partial charge in [-0.25, -0.2) is 13.2 Å². The molecule has 1 saturated heterocycles. The molecule has 34 heavy (non-hydrogen) atoms. The van der Waals surface area contributed by atoms with Crippen LogP contribution in [-0.2, 0) is 0 Å². The second kappa shape index (κ2) is 10.7. The Morgan fingerprint density at radius 2 is 1.74 bits per heavy atom. The number of anilines is 2. The molecule has 2 heterocycles. The molecule has 0 bridgehead atoms. The summed E-state index contributed by atoms with van der Waals surface area (Å²) in [5, 5.41) is 4.20. The highest BCUT2D eigenvalue weighted by Gasteiger charge is 2.22. The number of likely N-dealkylation sites (N-methyl/N-ethyl adjacent to an activating group) is 1. The van der Waals surface area contributed by atoms with E-state index in [4.69, 9.17) is 4.74 Å². The second-order valence-corrected chi connectivity index (χ2v) is 8.56. The van der Waals surface area contributed by atoms with Gasteiger partial charge in [-0.1, -0.05) is 18.2 Å². The van der Waals surface area contributed by atoms with E-state index in [1.165, 1.54) is 12.1 Å². The number of pyridine rings is 1. The number of piperazine rings is 1. The van der Waals surface area contributed by atoms with E-state index in [0.29, 0.717) is 0 Å². The maximum Gasteiger partial charge on any atom is 0.266 e. The Hall–Kier alpha value is -2.71. The third-order valence-electron chi connectivity index (χ3n) is 6.21. The number of nitrogens with zero attached hydrogens (tertiary/aromatic N) is 3. The maximum atomic E-state index is 14.7. The summed E-state index contributed by atoms with van der Waals surface area (Å²) in [6, 6.07) is 9.46. The summed E-state index contributed by atoms with van der Waals surface area (Å²) in [6.07, 6.45) is -2.86. The highest BCUT2D eigenvalue weighted by molar-refractivity contribution is 5.96. The first-order chi connectivity index (χ1) is 15.8. The van der Waals surface area contributed by atoms with Crippen molar-refractivity contribution >= 4 is 34.7 Å². The Balaban J connectivity index is 0.00000324. The van der Waals surface area contributed by atoms with Crippen LogP contribution in [0.3, 0.4) is 0 Å². The van der Waals surface area contributed by atoms with Crippen LogP contribution >= 0.6 is 12.4 Å². The fourth-order valence-corrected chi connectivity index (χ4v) is 4.33. The lowest BCUT2D eigenvalue weighted by atomic mass is 10.0. The van der Waals surface area contributed by atoms with Gasteiger partial charge in [0.25, 0.3) is 6.43 Å². The first-order valence-corrected chi connectivity index (χ1v) is 11.0. The predicted octanol–water partition coefficient (Wildman–Crippen LogP) is 5.98. The number of rotatable bonds is 6. The number of benzene rings is 2. The number of nitrogens with one attached hydrogen (secondary N) is 1. The minimum atomic E-state index is -2.86. The zero-order valence-corrected chi connectivity index (χ0v) is 20.6. The number of fused-ring (bicyclic) bond motifs is 1. The van der Waals surface area contributed by atoms with Crippen molar-refractivity contribution in [2.75, 3.05) is 50.6 Å². The van der Waals surface area contributed by atoms with Gasteiger partial charge in [-0.2, -0.15) is 0 Å². The van der Waals surface area contributed by atoms with Crippen molar-refractivity contribution in [1.29, 1.82) is 0 Å². The van der Waals surface area contributed by atoms with Crippen molar-refractivity contribution in [2.24, 2.45) is 0 Å².